The average Bonchev–Trinajstić information content (AvgIpc) is 3.22. The van der Waals surface area contributed by atoms with E-state index in [-0.39, 0.29) is 44.1 Å². The molecule has 0 radical (unpaired) electrons. The van der Waals surface area contributed by atoms with Crippen LogP contribution in [-0.2, 0) is 0 Å². The zero-order chi connectivity index (χ0) is 25.7. The lowest BCUT2D eigenvalue weighted by atomic mass is 10.0. The highest BCUT2D eigenvalue weighted by Gasteiger charge is 2.15. The number of aromatic nitrogens is 2. The summed E-state index contributed by atoms with van der Waals surface area (Å²) in [4.78, 5) is 8.02. The van der Waals surface area contributed by atoms with Crippen LogP contribution >= 0.6 is 11.6 Å². The van der Waals surface area contributed by atoms with E-state index in [2.05, 4.69) is 9.97 Å². The molecular weight excluding hydrogens is 320 g/mol. The summed E-state index contributed by atoms with van der Waals surface area (Å²) in [6.45, 7) is 0. The van der Waals surface area contributed by atoms with Gasteiger partial charge in [-0.2, -0.15) is 0 Å². The molecule has 0 fully saturated rings. The molecule has 0 aliphatic rings. The zero-order valence-electron chi connectivity index (χ0n) is 22.7. The summed E-state index contributed by atoms with van der Waals surface area (Å²) in [5, 5.41) is -0.928. The van der Waals surface area contributed by atoms with E-state index in [0.717, 1.165) is 0 Å². The van der Waals surface area contributed by atoms with Gasteiger partial charge in [0.25, 0.3) is 0 Å². The van der Waals surface area contributed by atoms with Gasteiger partial charge < -0.3 is 4.42 Å². The highest BCUT2D eigenvalue weighted by Crippen LogP contribution is 2.37. The molecule has 0 aliphatic carbocycles. The topological polar surface area (TPSA) is 38.9 Å². The van der Waals surface area contributed by atoms with Gasteiger partial charge in [0.2, 0.25) is 5.28 Å². The van der Waals surface area contributed by atoms with Crippen molar-refractivity contribution in [2.45, 2.75) is 0 Å². The van der Waals surface area contributed by atoms with E-state index in [1.165, 1.54) is 0 Å². The molecule has 0 N–H and O–H groups in total. The van der Waals surface area contributed by atoms with E-state index in [0.29, 0.717) is 0 Å². The van der Waals surface area contributed by atoms with Crippen LogP contribution in [0.2, 0.25) is 5.28 Å². The summed E-state index contributed by atoms with van der Waals surface area (Å²) in [6, 6.07) is -6.02. The standard InChI is InChI=1S/C20H11ClN2O/c21-20-22-16-10-3-1-7-14(16)18(23-20)15-9-5-8-13-12-6-2-4-11-17(12)24-19(13)15/h1-11H/i1D,2D,3D,4D,5D,6D,7D,8D,9D,10D,11D. The van der Waals surface area contributed by atoms with Gasteiger partial charge in [-0.3, -0.25) is 0 Å². The summed E-state index contributed by atoms with van der Waals surface area (Å²) in [5.41, 5.74) is -1.31. The second-order valence-corrected chi connectivity index (χ2v) is 5.16. The van der Waals surface area contributed by atoms with Crippen molar-refractivity contribution in [1.82, 2.24) is 9.97 Å². The maximum absolute atomic E-state index is 8.56. The molecule has 0 spiro atoms. The number of benzene rings is 3. The van der Waals surface area contributed by atoms with Gasteiger partial charge in [-0.1, -0.05) is 48.3 Å². The summed E-state index contributed by atoms with van der Waals surface area (Å²) in [6.07, 6.45) is 0. The van der Waals surface area contributed by atoms with Gasteiger partial charge in [-0.15, -0.1) is 0 Å². The third kappa shape index (κ3) is 1.92. The number of rotatable bonds is 1. The second-order valence-electron chi connectivity index (χ2n) is 4.83. The first kappa shape index (κ1) is 6.54. The Morgan fingerprint density at radius 2 is 1.54 bits per heavy atom. The van der Waals surface area contributed by atoms with E-state index in [9.17, 15) is 0 Å². The van der Waals surface area contributed by atoms with Gasteiger partial charge in [-0.05, 0) is 29.7 Å². The third-order valence-electron chi connectivity index (χ3n) is 3.49. The Balaban J connectivity index is 2.11. The lowest BCUT2D eigenvalue weighted by molar-refractivity contribution is 0.670. The Morgan fingerprint density at radius 1 is 0.792 bits per heavy atom. The van der Waals surface area contributed by atoms with Crippen LogP contribution in [0.4, 0.5) is 0 Å². The van der Waals surface area contributed by atoms with Crippen LogP contribution in [0.1, 0.15) is 15.1 Å². The molecule has 0 unspecified atom stereocenters. The van der Waals surface area contributed by atoms with Crippen LogP contribution in [0.25, 0.3) is 44.1 Å². The zero-order valence-corrected chi connectivity index (χ0v) is 12.4. The molecule has 3 nitrogen and oxygen atoms in total. The molecule has 2 heterocycles. The third-order valence-corrected chi connectivity index (χ3v) is 3.65. The first-order valence-electron chi connectivity index (χ1n) is 12.2. The minimum Gasteiger partial charge on any atom is -0.455 e. The smallest absolute Gasteiger partial charge is 0.223 e. The average molecular weight is 342 g/mol. The second kappa shape index (κ2) is 5.05. The molecule has 0 amide bonds. The van der Waals surface area contributed by atoms with E-state index >= 15 is 0 Å². The quantitative estimate of drug-likeness (QED) is 0.359. The van der Waals surface area contributed by atoms with Crippen molar-refractivity contribution in [1.29, 1.82) is 0 Å². The molecule has 4 heteroatoms. The van der Waals surface area contributed by atoms with Crippen LogP contribution in [0, 0.1) is 0 Å². The van der Waals surface area contributed by atoms with Crippen LogP contribution in [0.5, 0.6) is 0 Å². The van der Waals surface area contributed by atoms with E-state index in [1.54, 1.807) is 0 Å². The Hall–Kier alpha value is -2.91. The maximum Gasteiger partial charge on any atom is 0.223 e. The molecule has 0 saturated carbocycles. The lowest BCUT2D eigenvalue weighted by Crippen LogP contribution is -1.91. The summed E-state index contributed by atoms with van der Waals surface area (Å²) in [5.74, 6) is 0. The Labute approximate surface area is 158 Å². The fourth-order valence-corrected chi connectivity index (χ4v) is 2.67. The summed E-state index contributed by atoms with van der Waals surface area (Å²) < 4.78 is 96.1. The van der Waals surface area contributed by atoms with Crippen molar-refractivity contribution in [2.75, 3.05) is 0 Å². The van der Waals surface area contributed by atoms with Crippen molar-refractivity contribution in [3.63, 3.8) is 0 Å². The van der Waals surface area contributed by atoms with Crippen LogP contribution < -0.4 is 0 Å². The van der Waals surface area contributed by atoms with Crippen molar-refractivity contribution in [2.24, 2.45) is 0 Å². The van der Waals surface area contributed by atoms with Crippen LogP contribution in [-0.4, -0.2) is 9.97 Å². The van der Waals surface area contributed by atoms with Crippen molar-refractivity contribution in [3.05, 3.63) is 71.8 Å². The molecule has 5 rings (SSSR count). The summed E-state index contributed by atoms with van der Waals surface area (Å²) >= 11 is 6.08. The fraction of sp³-hybridized carbons (Fsp3) is 0. The van der Waals surface area contributed by atoms with Gasteiger partial charge in [0.1, 0.15) is 11.2 Å². The van der Waals surface area contributed by atoms with Gasteiger partial charge in [-0.25, -0.2) is 9.97 Å². The predicted molar refractivity (Wildman–Crippen MR) is 97.3 cm³/mol. The molecule has 0 saturated heterocycles. The highest BCUT2D eigenvalue weighted by atomic mass is 35.5. The van der Waals surface area contributed by atoms with Gasteiger partial charge >= 0.3 is 0 Å². The van der Waals surface area contributed by atoms with Gasteiger partial charge in [0.15, 0.2) is 0 Å². The molecule has 114 valence electrons. The first-order valence-corrected chi connectivity index (χ1v) is 7.12. The van der Waals surface area contributed by atoms with Crippen molar-refractivity contribution < 1.29 is 19.5 Å². The minimum atomic E-state index is -0.605. The van der Waals surface area contributed by atoms with E-state index in [4.69, 9.17) is 31.1 Å². The number of nitrogens with zero attached hydrogens (tertiary/aromatic N) is 2. The molecule has 24 heavy (non-hydrogen) atoms. The number of furan rings is 1. The first-order chi connectivity index (χ1) is 16.4. The largest absolute Gasteiger partial charge is 0.455 e. The Bertz CT molecular complexity index is 1780. The molecule has 3 aromatic carbocycles. The van der Waals surface area contributed by atoms with Crippen molar-refractivity contribution >= 4 is 44.4 Å². The maximum atomic E-state index is 8.56. The number of halogens is 1. The van der Waals surface area contributed by atoms with Crippen LogP contribution in [0.3, 0.4) is 0 Å². The van der Waals surface area contributed by atoms with Gasteiger partial charge in [0, 0.05) is 21.7 Å². The lowest BCUT2D eigenvalue weighted by Gasteiger charge is -2.06. The van der Waals surface area contributed by atoms with Crippen molar-refractivity contribution in [3.8, 4) is 11.3 Å². The summed E-state index contributed by atoms with van der Waals surface area (Å²) in [7, 11) is 0. The number of hydrogen-bond donors (Lipinski definition) is 0. The number of fused-ring (bicyclic) bond motifs is 4. The predicted octanol–water partition coefficient (Wildman–Crippen LogP) is 5.85. The molecule has 0 aliphatic heterocycles. The number of hydrogen-bond acceptors (Lipinski definition) is 3. The minimum absolute atomic E-state index is 0.155. The molecule has 5 aromatic rings. The molecule has 0 atom stereocenters. The van der Waals surface area contributed by atoms with E-state index < -0.39 is 71.8 Å². The molecule has 2 aromatic heterocycles. The van der Waals surface area contributed by atoms with Crippen LogP contribution in [0.15, 0.2) is 70.9 Å². The SMILES string of the molecule is [2H]c1c([2H])c([2H])c2c(-c3c([2H])c([2H])c([2H])c4c3oc3c([2H])c([2H])c([2H])c([2H])c34)nc(Cl)nc2c1[2H]. The normalized spacial score (nSPS) is 18.0. The van der Waals surface area contributed by atoms with Gasteiger partial charge in [0.05, 0.1) is 26.3 Å². The Morgan fingerprint density at radius 3 is 2.46 bits per heavy atom. The Kier molecular flexibility index (Phi) is 1.37. The highest BCUT2D eigenvalue weighted by molar-refractivity contribution is 6.29. The fourth-order valence-electron chi connectivity index (χ4n) is 2.50. The number of para-hydroxylation sites is 3. The molecular formula is C20H11ClN2O. The molecule has 0 bridgehead atoms. The van der Waals surface area contributed by atoms with E-state index in [1.807, 2.05) is 0 Å². The monoisotopic (exact) mass is 341 g/mol.